The lowest BCUT2D eigenvalue weighted by atomic mass is 10.3. The number of anilines is 1. The topological polar surface area (TPSA) is 64.6 Å². The predicted molar refractivity (Wildman–Crippen MR) is 82.0 cm³/mol. The van der Waals surface area contributed by atoms with E-state index in [9.17, 15) is 4.79 Å². The maximum atomic E-state index is 11.4. The molecule has 112 valence electrons. The van der Waals surface area contributed by atoms with Gasteiger partial charge in [-0.1, -0.05) is 18.2 Å². The number of hydrogen-bond acceptors (Lipinski definition) is 3. The number of amides is 2. The van der Waals surface area contributed by atoms with Crippen molar-refractivity contribution in [1.82, 2.24) is 10.6 Å². The van der Waals surface area contributed by atoms with Crippen molar-refractivity contribution in [3.05, 3.63) is 30.3 Å². The predicted octanol–water partition coefficient (Wildman–Crippen LogP) is 1.58. The normalized spacial score (nSPS) is 11.8. The lowest BCUT2D eigenvalue weighted by Gasteiger charge is -2.19. The molecule has 1 aromatic carbocycles. The molecule has 20 heavy (non-hydrogen) atoms. The molecule has 0 fully saturated rings. The van der Waals surface area contributed by atoms with Gasteiger partial charge in [-0.15, -0.1) is 0 Å². The summed E-state index contributed by atoms with van der Waals surface area (Å²) in [7, 11) is 2.04. The molecule has 0 heterocycles. The van der Waals surface area contributed by atoms with E-state index < -0.39 is 0 Å². The molecule has 0 spiro atoms. The van der Waals surface area contributed by atoms with E-state index in [4.69, 9.17) is 5.11 Å². The van der Waals surface area contributed by atoms with Gasteiger partial charge in [0.2, 0.25) is 0 Å². The van der Waals surface area contributed by atoms with Crippen LogP contribution in [0, 0.1) is 0 Å². The molecular formula is C15H25N3O2. The van der Waals surface area contributed by atoms with Crippen LogP contribution in [0.3, 0.4) is 0 Å². The number of carbonyl (C=O) groups is 1. The Hall–Kier alpha value is -1.75. The number of benzene rings is 1. The molecule has 1 aromatic rings. The summed E-state index contributed by atoms with van der Waals surface area (Å²) in [5, 5.41) is 14.6. The molecule has 5 heteroatoms. The molecule has 0 aliphatic carbocycles. The molecule has 0 aliphatic heterocycles. The Balaban J connectivity index is 2.08. The minimum atomic E-state index is -0.380. The molecule has 1 rings (SSSR count). The minimum Gasteiger partial charge on any atom is -0.393 e. The number of para-hydroxylation sites is 1. The lowest BCUT2D eigenvalue weighted by molar-refractivity contribution is 0.183. The van der Waals surface area contributed by atoms with E-state index in [2.05, 4.69) is 27.7 Å². The second-order valence-electron chi connectivity index (χ2n) is 4.93. The molecule has 0 saturated carbocycles. The van der Waals surface area contributed by atoms with Gasteiger partial charge >= 0.3 is 6.03 Å². The van der Waals surface area contributed by atoms with Gasteiger partial charge in [-0.2, -0.15) is 0 Å². The summed E-state index contributed by atoms with van der Waals surface area (Å²) in [5.41, 5.74) is 1.17. The smallest absolute Gasteiger partial charge is 0.314 e. The van der Waals surface area contributed by atoms with Crippen LogP contribution in [0.5, 0.6) is 0 Å². The van der Waals surface area contributed by atoms with E-state index in [1.165, 1.54) is 5.69 Å². The summed E-state index contributed by atoms with van der Waals surface area (Å²) in [5.74, 6) is 0. The van der Waals surface area contributed by atoms with Crippen LogP contribution in [0.15, 0.2) is 30.3 Å². The highest BCUT2D eigenvalue weighted by atomic mass is 16.3. The summed E-state index contributed by atoms with van der Waals surface area (Å²) in [6.45, 7) is 3.72. The SMILES string of the molecule is CC(O)CCNC(=O)NCCCN(C)c1ccccc1. The molecule has 0 bridgehead atoms. The molecule has 3 N–H and O–H groups in total. The second-order valence-corrected chi connectivity index (χ2v) is 4.93. The van der Waals surface area contributed by atoms with Crippen molar-refractivity contribution in [2.45, 2.75) is 25.9 Å². The standard InChI is InChI=1S/C15H25N3O2/c1-13(19)9-11-17-15(20)16-10-6-12-18(2)14-7-4-3-5-8-14/h3-5,7-8,13,19H,6,9-12H2,1-2H3,(H2,16,17,20). The fourth-order valence-corrected chi connectivity index (χ4v) is 1.79. The maximum absolute atomic E-state index is 11.4. The Bertz CT molecular complexity index is 382. The van der Waals surface area contributed by atoms with Crippen LogP contribution in [-0.2, 0) is 0 Å². The highest BCUT2D eigenvalue weighted by molar-refractivity contribution is 5.73. The van der Waals surface area contributed by atoms with Crippen LogP contribution in [0.4, 0.5) is 10.5 Å². The van der Waals surface area contributed by atoms with Crippen molar-refractivity contribution in [2.24, 2.45) is 0 Å². The zero-order valence-electron chi connectivity index (χ0n) is 12.3. The fraction of sp³-hybridized carbons (Fsp3) is 0.533. The monoisotopic (exact) mass is 279 g/mol. The van der Waals surface area contributed by atoms with Gasteiger partial charge in [-0.25, -0.2) is 4.79 Å². The second kappa shape index (κ2) is 9.20. The Morgan fingerprint density at radius 2 is 1.90 bits per heavy atom. The third kappa shape index (κ3) is 6.99. The van der Waals surface area contributed by atoms with Gasteiger partial charge in [-0.3, -0.25) is 0 Å². The van der Waals surface area contributed by atoms with Crippen LogP contribution < -0.4 is 15.5 Å². The zero-order chi connectivity index (χ0) is 14.8. The van der Waals surface area contributed by atoms with E-state index in [0.29, 0.717) is 19.5 Å². The number of hydrogen-bond donors (Lipinski definition) is 3. The Morgan fingerprint density at radius 3 is 2.55 bits per heavy atom. The van der Waals surface area contributed by atoms with Crippen molar-refractivity contribution >= 4 is 11.7 Å². The van der Waals surface area contributed by atoms with Gasteiger partial charge in [0.1, 0.15) is 0 Å². The first-order valence-corrected chi connectivity index (χ1v) is 7.05. The number of aliphatic hydroxyl groups is 1. The first kappa shape index (κ1) is 16.3. The summed E-state index contributed by atoms with van der Waals surface area (Å²) in [4.78, 5) is 13.6. The quantitative estimate of drug-likeness (QED) is 0.633. The van der Waals surface area contributed by atoms with Gasteiger partial charge in [0, 0.05) is 32.4 Å². The average Bonchev–Trinajstić information content (AvgIpc) is 2.44. The van der Waals surface area contributed by atoms with Gasteiger partial charge in [-0.05, 0) is 31.9 Å². The van der Waals surface area contributed by atoms with Crippen LogP contribution in [0.2, 0.25) is 0 Å². The molecule has 0 radical (unpaired) electrons. The van der Waals surface area contributed by atoms with E-state index in [-0.39, 0.29) is 12.1 Å². The van der Waals surface area contributed by atoms with Gasteiger partial charge < -0.3 is 20.6 Å². The van der Waals surface area contributed by atoms with Crippen LogP contribution in [-0.4, -0.2) is 43.9 Å². The number of urea groups is 1. The maximum Gasteiger partial charge on any atom is 0.314 e. The Kier molecular flexibility index (Phi) is 7.50. The molecular weight excluding hydrogens is 254 g/mol. The number of nitrogens with zero attached hydrogens (tertiary/aromatic N) is 1. The molecule has 1 unspecified atom stereocenters. The first-order valence-electron chi connectivity index (χ1n) is 7.05. The molecule has 0 saturated heterocycles. The van der Waals surface area contributed by atoms with Gasteiger partial charge in [0.05, 0.1) is 6.10 Å². The summed E-state index contributed by atoms with van der Waals surface area (Å²) in [6, 6.07) is 9.98. The van der Waals surface area contributed by atoms with Crippen LogP contribution >= 0.6 is 0 Å². The number of rotatable bonds is 8. The summed E-state index contributed by atoms with van der Waals surface area (Å²) in [6.07, 6.45) is 1.08. The zero-order valence-corrected chi connectivity index (χ0v) is 12.3. The molecule has 0 aliphatic rings. The summed E-state index contributed by atoms with van der Waals surface area (Å²) < 4.78 is 0. The molecule has 0 aromatic heterocycles. The highest BCUT2D eigenvalue weighted by Crippen LogP contribution is 2.10. The van der Waals surface area contributed by atoms with E-state index in [0.717, 1.165) is 13.0 Å². The molecule has 2 amide bonds. The van der Waals surface area contributed by atoms with Crippen LogP contribution in [0.1, 0.15) is 19.8 Å². The number of nitrogens with one attached hydrogen (secondary N) is 2. The Morgan fingerprint density at radius 1 is 1.25 bits per heavy atom. The van der Waals surface area contributed by atoms with E-state index in [1.807, 2.05) is 25.2 Å². The third-order valence-corrected chi connectivity index (χ3v) is 3.00. The molecule has 1 atom stereocenters. The third-order valence-electron chi connectivity index (χ3n) is 3.00. The minimum absolute atomic E-state index is 0.173. The van der Waals surface area contributed by atoms with Gasteiger partial charge in [0.15, 0.2) is 0 Å². The van der Waals surface area contributed by atoms with E-state index >= 15 is 0 Å². The van der Waals surface area contributed by atoms with Crippen molar-refractivity contribution in [3.8, 4) is 0 Å². The lowest BCUT2D eigenvalue weighted by Crippen LogP contribution is -2.38. The van der Waals surface area contributed by atoms with E-state index in [1.54, 1.807) is 6.92 Å². The number of aliphatic hydroxyl groups excluding tert-OH is 1. The van der Waals surface area contributed by atoms with Crippen molar-refractivity contribution in [1.29, 1.82) is 0 Å². The molecule has 5 nitrogen and oxygen atoms in total. The van der Waals surface area contributed by atoms with Crippen molar-refractivity contribution < 1.29 is 9.90 Å². The average molecular weight is 279 g/mol. The summed E-state index contributed by atoms with van der Waals surface area (Å²) >= 11 is 0. The largest absolute Gasteiger partial charge is 0.393 e. The first-order chi connectivity index (χ1) is 9.59. The fourth-order valence-electron chi connectivity index (χ4n) is 1.79. The highest BCUT2D eigenvalue weighted by Gasteiger charge is 2.02. The van der Waals surface area contributed by atoms with Crippen LogP contribution in [0.25, 0.3) is 0 Å². The van der Waals surface area contributed by atoms with Crippen molar-refractivity contribution in [2.75, 3.05) is 31.6 Å². The van der Waals surface area contributed by atoms with Gasteiger partial charge in [0.25, 0.3) is 0 Å². The van der Waals surface area contributed by atoms with Crippen molar-refractivity contribution in [3.63, 3.8) is 0 Å². The Labute approximate surface area is 121 Å². The number of carbonyl (C=O) groups excluding carboxylic acids is 1.